The summed E-state index contributed by atoms with van der Waals surface area (Å²) >= 11 is 0. The second kappa shape index (κ2) is 6.87. The van der Waals surface area contributed by atoms with Crippen molar-refractivity contribution in [3.05, 3.63) is 53.9 Å². The Hall–Kier alpha value is -2.75. The Balaban J connectivity index is 1.42. The van der Waals surface area contributed by atoms with Crippen molar-refractivity contribution in [2.75, 3.05) is 26.2 Å². The van der Waals surface area contributed by atoms with Crippen LogP contribution in [0.2, 0.25) is 0 Å². The van der Waals surface area contributed by atoms with E-state index >= 15 is 0 Å². The topological polar surface area (TPSA) is 78.3 Å². The van der Waals surface area contributed by atoms with Gasteiger partial charge in [0.2, 0.25) is 5.91 Å². The molecular weight excluding hydrogens is 328 g/mol. The highest BCUT2D eigenvalue weighted by atomic mass is 16.5. The maximum atomic E-state index is 11.3. The van der Waals surface area contributed by atoms with E-state index in [1.165, 1.54) is 5.56 Å². The van der Waals surface area contributed by atoms with Crippen LogP contribution in [0.1, 0.15) is 17.7 Å². The number of carbonyl (C=O) groups is 1. The highest BCUT2D eigenvalue weighted by Crippen LogP contribution is 2.28. The third kappa shape index (κ3) is 3.32. The van der Waals surface area contributed by atoms with Crippen LogP contribution in [0, 0.1) is 11.3 Å². The summed E-state index contributed by atoms with van der Waals surface area (Å²) in [7, 11) is 0. The average Bonchev–Trinajstić information content (AvgIpc) is 3.07. The molecule has 2 saturated heterocycles. The van der Waals surface area contributed by atoms with Crippen molar-refractivity contribution < 1.29 is 9.53 Å². The zero-order chi connectivity index (χ0) is 18.0. The number of benzene rings is 1. The highest BCUT2D eigenvalue weighted by molar-refractivity contribution is 5.78. The van der Waals surface area contributed by atoms with Crippen molar-refractivity contribution in [2.45, 2.75) is 18.6 Å². The number of aromatic nitrogens is 1. The fraction of sp³-hybridized carbons (Fsp3) is 0.350. The summed E-state index contributed by atoms with van der Waals surface area (Å²) in [6.45, 7) is 3.39. The Bertz CT molecular complexity index is 847. The lowest BCUT2D eigenvalue weighted by molar-refractivity contribution is -0.142. The highest BCUT2D eigenvalue weighted by Gasteiger charge is 2.41. The van der Waals surface area contributed by atoms with E-state index in [1.54, 1.807) is 6.20 Å². The number of hydrogen-bond acceptors (Lipinski definition) is 5. The normalized spacial score (nSPS) is 23.0. The summed E-state index contributed by atoms with van der Waals surface area (Å²) in [6.07, 6.45) is 2.57. The van der Waals surface area contributed by atoms with Gasteiger partial charge in [0.05, 0.1) is 5.60 Å². The van der Waals surface area contributed by atoms with Gasteiger partial charge in [0, 0.05) is 37.9 Å². The predicted octanol–water partition coefficient (Wildman–Crippen LogP) is 1.71. The van der Waals surface area contributed by atoms with Crippen LogP contribution in [-0.2, 0) is 16.1 Å². The number of morpholine rings is 1. The quantitative estimate of drug-likeness (QED) is 0.914. The van der Waals surface area contributed by atoms with Crippen LogP contribution in [0.3, 0.4) is 0 Å². The molecule has 132 valence electrons. The number of nitrogens with zero attached hydrogens (tertiary/aromatic N) is 3. The van der Waals surface area contributed by atoms with E-state index in [0.717, 1.165) is 37.2 Å². The first-order chi connectivity index (χ1) is 12.7. The minimum absolute atomic E-state index is 0.0307. The predicted molar refractivity (Wildman–Crippen MR) is 96.0 cm³/mol. The monoisotopic (exact) mass is 348 g/mol. The number of hydrogen-bond donors (Lipinski definition) is 1. The van der Waals surface area contributed by atoms with Gasteiger partial charge >= 0.3 is 0 Å². The van der Waals surface area contributed by atoms with Crippen LogP contribution >= 0.6 is 0 Å². The third-order valence-corrected chi connectivity index (χ3v) is 5.10. The molecule has 1 spiro atoms. The first-order valence-electron chi connectivity index (χ1n) is 8.75. The maximum absolute atomic E-state index is 11.3. The zero-order valence-corrected chi connectivity index (χ0v) is 14.4. The van der Waals surface area contributed by atoms with Gasteiger partial charge in [0.25, 0.3) is 0 Å². The first-order valence-corrected chi connectivity index (χ1v) is 8.75. The van der Waals surface area contributed by atoms with Gasteiger partial charge in [0.1, 0.15) is 18.4 Å². The van der Waals surface area contributed by atoms with Gasteiger partial charge in [-0.25, -0.2) is 4.98 Å². The minimum Gasteiger partial charge on any atom is -0.362 e. The standard InChI is InChI=1S/C20H20N4O2/c21-10-18-17(2-1-8-22-18)16-5-3-15(4-6-16)11-24-9-7-20(14-24)13-23-19(25)12-26-20/h1-6,8H,7,9,11-14H2,(H,23,25). The van der Waals surface area contributed by atoms with Crippen LogP contribution in [0.5, 0.6) is 0 Å². The summed E-state index contributed by atoms with van der Waals surface area (Å²) in [5.74, 6) is -0.0307. The Morgan fingerprint density at radius 3 is 2.88 bits per heavy atom. The van der Waals surface area contributed by atoms with Crippen molar-refractivity contribution in [3.8, 4) is 17.2 Å². The zero-order valence-electron chi connectivity index (χ0n) is 14.4. The van der Waals surface area contributed by atoms with E-state index in [2.05, 4.69) is 33.4 Å². The molecular formula is C20H20N4O2. The molecule has 2 aliphatic heterocycles. The first kappa shape index (κ1) is 16.7. The van der Waals surface area contributed by atoms with Crippen molar-refractivity contribution in [1.29, 1.82) is 5.26 Å². The van der Waals surface area contributed by atoms with Gasteiger partial charge < -0.3 is 10.1 Å². The van der Waals surface area contributed by atoms with Crippen molar-refractivity contribution in [1.82, 2.24) is 15.2 Å². The molecule has 0 bridgehead atoms. The van der Waals surface area contributed by atoms with Crippen molar-refractivity contribution in [2.24, 2.45) is 0 Å². The fourth-order valence-electron chi connectivity index (χ4n) is 3.68. The second-order valence-corrected chi connectivity index (χ2v) is 6.92. The molecule has 2 aromatic rings. The molecule has 1 aromatic carbocycles. The minimum atomic E-state index is -0.231. The van der Waals surface area contributed by atoms with E-state index < -0.39 is 0 Å². The molecule has 26 heavy (non-hydrogen) atoms. The number of likely N-dealkylation sites (tertiary alicyclic amines) is 1. The Labute approximate surface area is 152 Å². The fourth-order valence-corrected chi connectivity index (χ4v) is 3.68. The Morgan fingerprint density at radius 2 is 2.15 bits per heavy atom. The molecule has 1 N–H and O–H groups in total. The van der Waals surface area contributed by atoms with Crippen molar-refractivity contribution in [3.63, 3.8) is 0 Å². The molecule has 1 amide bonds. The SMILES string of the molecule is N#Cc1ncccc1-c1ccc(CN2CCC3(CNC(=O)CO3)C2)cc1. The molecule has 0 radical (unpaired) electrons. The summed E-state index contributed by atoms with van der Waals surface area (Å²) < 4.78 is 5.82. The van der Waals surface area contributed by atoms with E-state index in [-0.39, 0.29) is 18.1 Å². The average molecular weight is 348 g/mol. The number of rotatable bonds is 3. The number of nitrogens with one attached hydrogen (secondary N) is 1. The smallest absolute Gasteiger partial charge is 0.246 e. The van der Waals surface area contributed by atoms with E-state index in [9.17, 15) is 10.1 Å². The molecule has 6 heteroatoms. The van der Waals surface area contributed by atoms with Crippen molar-refractivity contribution >= 4 is 5.91 Å². The summed E-state index contributed by atoms with van der Waals surface area (Å²) in [4.78, 5) is 17.8. The molecule has 0 saturated carbocycles. The number of ether oxygens (including phenoxy) is 1. The Morgan fingerprint density at radius 1 is 1.31 bits per heavy atom. The van der Waals surface area contributed by atoms with E-state index in [4.69, 9.17) is 4.74 Å². The van der Waals surface area contributed by atoms with Crippen LogP contribution < -0.4 is 5.32 Å². The molecule has 2 aliphatic rings. The molecule has 0 aliphatic carbocycles. The summed E-state index contributed by atoms with van der Waals surface area (Å²) in [5, 5.41) is 12.1. The van der Waals surface area contributed by atoms with Gasteiger partial charge in [-0.15, -0.1) is 0 Å². The lowest BCUT2D eigenvalue weighted by Gasteiger charge is -2.33. The largest absolute Gasteiger partial charge is 0.362 e. The molecule has 3 heterocycles. The molecule has 2 fully saturated rings. The van der Waals surface area contributed by atoms with Gasteiger partial charge in [0.15, 0.2) is 0 Å². The lowest BCUT2D eigenvalue weighted by atomic mass is 10.0. The van der Waals surface area contributed by atoms with Gasteiger partial charge in [-0.3, -0.25) is 9.69 Å². The van der Waals surface area contributed by atoms with Crippen LogP contribution in [0.25, 0.3) is 11.1 Å². The molecule has 1 atom stereocenters. The van der Waals surface area contributed by atoms with Gasteiger partial charge in [-0.1, -0.05) is 24.3 Å². The molecule has 6 nitrogen and oxygen atoms in total. The van der Waals surface area contributed by atoms with Crippen LogP contribution in [0.15, 0.2) is 42.6 Å². The molecule has 4 rings (SSSR count). The summed E-state index contributed by atoms with van der Waals surface area (Å²) in [6, 6.07) is 14.2. The van der Waals surface area contributed by atoms with E-state index in [0.29, 0.717) is 12.2 Å². The summed E-state index contributed by atoms with van der Waals surface area (Å²) in [5.41, 5.74) is 3.28. The second-order valence-electron chi connectivity index (χ2n) is 6.92. The Kier molecular flexibility index (Phi) is 4.41. The van der Waals surface area contributed by atoms with Gasteiger partial charge in [-0.05, 0) is 29.7 Å². The number of amides is 1. The third-order valence-electron chi connectivity index (χ3n) is 5.10. The van der Waals surface area contributed by atoms with Crippen LogP contribution in [-0.4, -0.2) is 47.6 Å². The number of nitriles is 1. The molecule has 1 unspecified atom stereocenters. The molecule has 1 aromatic heterocycles. The van der Waals surface area contributed by atoms with Crippen LogP contribution in [0.4, 0.5) is 0 Å². The maximum Gasteiger partial charge on any atom is 0.246 e. The van der Waals surface area contributed by atoms with E-state index in [1.807, 2.05) is 24.3 Å². The van der Waals surface area contributed by atoms with Gasteiger partial charge in [-0.2, -0.15) is 5.26 Å². The number of pyridine rings is 1. The number of carbonyl (C=O) groups excluding carboxylic acids is 1. The lowest BCUT2D eigenvalue weighted by Crippen LogP contribution is -2.53.